The van der Waals surface area contributed by atoms with Crippen molar-refractivity contribution in [3.8, 4) is 17.1 Å². The number of ether oxygens (including phenoxy) is 1. The van der Waals surface area contributed by atoms with Crippen molar-refractivity contribution in [2.45, 2.75) is 0 Å². The van der Waals surface area contributed by atoms with Crippen LogP contribution >= 0.6 is 0 Å². The van der Waals surface area contributed by atoms with Crippen molar-refractivity contribution in [3.63, 3.8) is 0 Å². The molecule has 8 heteroatoms. The van der Waals surface area contributed by atoms with Crippen LogP contribution in [0.4, 0.5) is 5.82 Å². The van der Waals surface area contributed by atoms with E-state index < -0.39 is 0 Å². The Morgan fingerprint density at radius 1 is 1.00 bits per heavy atom. The summed E-state index contributed by atoms with van der Waals surface area (Å²) in [6, 6.07) is 10.1. The Kier molecular flexibility index (Phi) is 3.60. The smallest absolute Gasteiger partial charge is 0.159 e. The number of hydrogen-bond donors (Lipinski definition) is 1. The molecule has 1 aliphatic heterocycles. The fraction of sp³-hybridized carbons (Fsp3) is 0.222. The molecule has 0 amide bonds. The van der Waals surface area contributed by atoms with Crippen LogP contribution in [0.3, 0.4) is 0 Å². The predicted octanol–water partition coefficient (Wildman–Crippen LogP) is 2.04. The van der Waals surface area contributed by atoms with Crippen LogP contribution in [0.15, 0.2) is 49.1 Å². The Morgan fingerprint density at radius 3 is 2.73 bits per heavy atom. The molecule has 8 nitrogen and oxygen atoms in total. The zero-order chi connectivity index (χ0) is 17.3. The summed E-state index contributed by atoms with van der Waals surface area (Å²) in [5, 5.41) is 12.6. The summed E-state index contributed by atoms with van der Waals surface area (Å²) < 4.78 is 7.27. The quantitative estimate of drug-likeness (QED) is 0.610. The Balaban J connectivity index is 1.57. The second-order valence-electron chi connectivity index (χ2n) is 6.13. The Bertz CT molecular complexity index is 1030. The molecule has 0 radical (unpaired) electrons. The van der Waals surface area contributed by atoms with Gasteiger partial charge in [0.1, 0.15) is 12.1 Å². The molecule has 0 spiro atoms. The Morgan fingerprint density at radius 2 is 1.88 bits per heavy atom. The third-order valence-electron chi connectivity index (χ3n) is 4.57. The maximum atomic E-state index is 5.42. The van der Waals surface area contributed by atoms with Gasteiger partial charge in [-0.05, 0) is 12.1 Å². The number of anilines is 1. The fourth-order valence-corrected chi connectivity index (χ4v) is 3.20. The van der Waals surface area contributed by atoms with Crippen LogP contribution in [0.1, 0.15) is 0 Å². The van der Waals surface area contributed by atoms with Gasteiger partial charge in [0.2, 0.25) is 0 Å². The molecule has 1 aromatic carbocycles. The van der Waals surface area contributed by atoms with E-state index in [4.69, 9.17) is 4.74 Å². The largest absolute Gasteiger partial charge is 0.378 e. The lowest BCUT2D eigenvalue weighted by atomic mass is 10.1. The summed E-state index contributed by atoms with van der Waals surface area (Å²) in [5.74, 6) is 1.64. The van der Waals surface area contributed by atoms with Gasteiger partial charge in [0.25, 0.3) is 0 Å². The first kappa shape index (κ1) is 15.0. The highest BCUT2D eigenvalue weighted by molar-refractivity contribution is 5.84. The maximum absolute atomic E-state index is 5.42. The van der Waals surface area contributed by atoms with Gasteiger partial charge >= 0.3 is 0 Å². The summed E-state index contributed by atoms with van der Waals surface area (Å²) in [4.78, 5) is 11.1. The third kappa shape index (κ3) is 2.60. The van der Waals surface area contributed by atoms with E-state index in [0.717, 1.165) is 60.1 Å². The second kappa shape index (κ2) is 6.23. The Hall–Kier alpha value is -3.26. The average Bonchev–Trinajstić information content (AvgIpc) is 3.38. The van der Waals surface area contributed by atoms with Crippen molar-refractivity contribution >= 4 is 16.7 Å². The first-order valence-electron chi connectivity index (χ1n) is 8.51. The van der Waals surface area contributed by atoms with Gasteiger partial charge in [0.05, 0.1) is 30.6 Å². The van der Waals surface area contributed by atoms with Crippen molar-refractivity contribution in [1.29, 1.82) is 0 Å². The number of rotatable bonds is 3. The second-order valence-corrected chi connectivity index (χ2v) is 6.13. The first-order valence-corrected chi connectivity index (χ1v) is 8.51. The number of nitrogens with zero attached hydrogens (tertiary/aromatic N) is 6. The lowest BCUT2D eigenvalue weighted by Crippen LogP contribution is -2.36. The standard InChI is InChI=1S/C18H17N7O/c1-2-14-11-22-25(16(14)9-13(1)15-3-4-21-23-15)18-10-17(19-12-20-18)24-5-7-26-8-6-24/h1-4,9-12H,5-8H2,(H,21,23). The molecule has 0 atom stereocenters. The zero-order valence-corrected chi connectivity index (χ0v) is 14.0. The molecule has 1 saturated heterocycles. The molecule has 1 N–H and O–H groups in total. The molecule has 0 unspecified atom stereocenters. The molecule has 26 heavy (non-hydrogen) atoms. The highest BCUT2D eigenvalue weighted by Crippen LogP contribution is 2.25. The molecular weight excluding hydrogens is 330 g/mol. The summed E-state index contributed by atoms with van der Waals surface area (Å²) in [5.41, 5.74) is 3.01. The highest BCUT2D eigenvalue weighted by Gasteiger charge is 2.15. The third-order valence-corrected chi connectivity index (χ3v) is 4.57. The van der Waals surface area contributed by atoms with Gasteiger partial charge in [0, 0.05) is 36.3 Å². The number of H-pyrrole nitrogens is 1. The normalized spacial score (nSPS) is 14.8. The summed E-state index contributed by atoms with van der Waals surface area (Å²) >= 11 is 0. The highest BCUT2D eigenvalue weighted by atomic mass is 16.5. The van der Waals surface area contributed by atoms with E-state index in [1.807, 2.05) is 23.0 Å². The van der Waals surface area contributed by atoms with E-state index >= 15 is 0 Å². The number of aromatic nitrogens is 6. The lowest BCUT2D eigenvalue weighted by molar-refractivity contribution is 0.122. The van der Waals surface area contributed by atoms with Gasteiger partial charge in [-0.25, -0.2) is 14.6 Å². The van der Waals surface area contributed by atoms with Gasteiger partial charge in [-0.2, -0.15) is 10.2 Å². The number of aromatic amines is 1. The molecule has 0 aliphatic carbocycles. The van der Waals surface area contributed by atoms with Crippen molar-refractivity contribution < 1.29 is 4.74 Å². The van der Waals surface area contributed by atoms with Gasteiger partial charge < -0.3 is 9.64 Å². The summed E-state index contributed by atoms with van der Waals surface area (Å²) in [6.07, 6.45) is 5.19. The van der Waals surface area contributed by atoms with Crippen LogP contribution in [0.25, 0.3) is 28.0 Å². The minimum absolute atomic E-state index is 0.720. The van der Waals surface area contributed by atoms with Crippen LogP contribution in [0.2, 0.25) is 0 Å². The van der Waals surface area contributed by atoms with Gasteiger partial charge in [-0.3, -0.25) is 5.10 Å². The van der Waals surface area contributed by atoms with Gasteiger partial charge in [0.15, 0.2) is 5.82 Å². The number of benzene rings is 1. The van der Waals surface area contributed by atoms with E-state index in [-0.39, 0.29) is 0 Å². The molecule has 0 bridgehead atoms. The topological polar surface area (TPSA) is 84.8 Å². The summed E-state index contributed by atoms with van der Waals surface area (Å²) in [6.45, 7) is 3.11. The lowest BCUT2D eigenvalue weighted by Gasteiger charge is -2.27. The van der Waals surface area contributed by atoms with Crippen LogP contribution in [0, 0.1) is 0 Å². The van der Waals surface area contributed by atoms with Crippen molar-refractivity contribution in [2.75, 3.05) is 31.2 Å². The molecule has 1 fully saturated rings. The minimum atomic E-state index is 0.720. The molecule has 4 heterocycles. The van der Waals surface area contributed by atoms with Crippen LogP contribution in [-0.4, -0.2) is 56.2 Å². The van der Waals surface area contributed by atoms with Crippen molar-refractivity contribution in [3.05, 3.63) is 49.1 Å². The fourth-order valence-electron chi connectivity index (χ4n) is 3.20. The van der Waals surface area contributed by atoms with E-state index in [2.05, 4.69) is 48.4 Å². The minimum Gasteiger partial charge on any atom is -0.378 e. The molecule has 130 valence electrons. The molecular formula is C18H17N7O. The molecule has 1 aliphatic rings. The number of hydrogen-bond acceptors (Lipinski definition) is 6. The predicted molar refractivity (Wildman–Crippen MR) is 97.3 cm³/mol. The van der Waals surface area contributed by atoms with Crippen LogP contribution < -0.4 is 4.90 Å². The van der Waals surface area contributed by atoms with Crippen LogP contribution in [0.5, 0.6) is 0 Å². The maximum Gasteiger partial charge on any atom is 0.159 e. The molecule has 3 aromatic heterocycles. The first-order chi connectivity index (χ1) is 12.9. The van der Waals surface area contributed by atoms with Gasteiger partial charge in [-0.1, -0.05) is 12.1 Å². The number of fused-ring (bicyclic) bond motifs is 1. The zero-order valence-electron chi connectivity index (χ0n) is 14.0. The molecule has 4 aromatic rings. The number of nitrogens with one attached hydrogen (secondary N) is 1. The van der Waals surface area contributed by atoms with Crippen molar-refractivity contribution in [1.82, 2.24) is 29.9 Å². The molecule has 0 saturated carbocycles. The van der Waals surface area contributed by atoms with E-state index in [1.54, 1.807) is 12.5 Å². The SMILES string of the molecule is c1cc(-c2ccc3cnn(-c4cc(N5CCOCC5)ncn4)c3c2)[nH]n1. The monoisotopic (exact) mass is 347 g/mol. The van der Waals surface area contributed by atoms with E-state index in [1.165, 1.54) is 0 Å². The molecule has 5 rings (SSSR count). The van der Waals surface area contributed by atoms with Gasteiger partial charge in [-0.15, -0.1) is 0 Å². The van der Waals surface area contributed by atoms with Crippen molar-refractivity contribution in [2.24, 2.45) is 0 Å². The number of morpholine rings is 1. The summed E-state index contributed by atoms with van der Waals surface area (Å²) in [7, 11) is 0. The van der Waals surface area contributed by atoms with E-state index in [9.17, 15) is 0 Å². The average molecular weight is 347 g/mol. The van der Waals surface area contributed by atoms with E-state index in [0.29, 0.717) is 0 Å². The van der Waals surface area contributed by atoms with Crippen LogP contribution in [-0.2, 0) is 4.74 Å². The Labute approximate surface area is 149 Å².